The smallest absolute Gasteiger partial charge is 0.0580 e. The average molecular weight is 253 g/mol. The van der Waals surface area contributed by atoms with Gasteiger partial charge in [0.25, 0.3) is 0 Å². The van der Waals surface area contributed by atoms with Crippen molar-refractivity contribution < 1.29 is 4.74 Å². The monoisotopic (exact) mass is 253 g/mol. The molecule has 0 aromatic heterocycles. The number of hydrogen-bond donors (Lipinski definition) is 1. The van der Waals surface area contributed by atoms with Crippen molar-refractivity contribution in [1.82, 2.24) is 5.32 Å². The second kappa shape index (κ2) is 7.49. The van der Waals surface area contributed by atoms with Gasteiger partial charge in [0.2, 0.25) is 0 Å². The normalized spacial score (nSPS) is 31.0. The number of ether oxygens (including phenoxy) is 1. The van der Waals surface area contributed by atoms with Crippen LogP contribution in [-0.4, -0.2) is 24.8 Å². The van der Waals surface area contributed by atoms with Crippen LogP contribution in [0.5, 0.6) is 0 Å². The number of hydrogen-bond acceptors (Lipinski definition) is 2. The maximum Gasteiger partial charge on any atom is 0.0580 e. The van der Waals surface area contributed by atoms with Crippen LogP contribution < -0.4 is 5.32 Å². The van der Waals surface area contributed by atoms with Crippen LogP contribution in [0.25, 0.3) is 0 Å². The second-order valence-electron chi connectivity index (χ2n) is 6.33. The molecule has 1 saturated heterocycles. The molecule has 0 aromatic carbocycles. The van der Waals surface area contributed by atoms with E-state index in [9.17, 15) is 0 Å². The molecule has 0 radical (unpaired) electrons. The fourth-order valence-electron chi connectivity index (χ4n) is 3.66. The molecule has 0 aromatic rings. The van der Waals surface area contributed by atoms with Gasteiger partial charge >= 0.3 is 0 Å². The van der Waals surface area contributed by atoms with E-state index in [0.717, 1.165) is 12.0 Å². The van der Waals surface area contributed by atoms with Gasteiger partial charge in [0.1, 0.15) is 0 Å². The predicted molar refractivity (Wildman–Crippen MR) is 76.8 cm³/mol. The molecule has 3 atom stereocenters. The molecular weight excluding hydrogens is 222 g/mol. The quantitative estimate of drug-likeness (QED) is 0.743. The Hall–Kier alpha value is -0.0800. The lowest BCUT2D eigenvalue weighted by atomic mass is 9.92. The Morgan fingerprint density at radius 2 is 1.94 bits per heavy atom. The van der Waals surface area contributed by atoms with Crippen LogP contribution in [-0.2, 0) is 4.74 Å². The Morgan fingerprint density at radius 3 is 2.56 bits per heavy atom. The molecule has 2 heteroatoms. The fourth-order valence-corrected chi connectivity index (χ4v) is 3.66. The van der Waals surface area contributed by atoms with Gasteiger partial charge in [0, 0.05) is 6.04 Å². The fraction of sp³-hybridized carbons (Fsp3) is 1.00. The Kier molecular flexibility index (Phi) is 5.97. The van der Waals surface area contributed by atoms with E-state index in [1.807, 2.05) is 0 Å². The summed E-state index contributed by atoms with van der Waals surface area (Å²) in [4.78, 5) is 0. The van der Waals surface area contributed by atoms with Gasteiger partial charge in [-0.15, -0.1) is 0 Å². The summed E-state index contributed by atoms with van der Waals surface area (Å²) in [5, 5.41) is 3.79. The molecule has 1 saturated carbocycles. The van der Waals surface area contributed by atoms with Gasteiger partial charge in [-0.05, 0) is 64.3 Å². The first kappa shape index (κ1) is 14.3. The van der Waals surface area contributed by atoms with Gasteiger partial charge in [0.15, 0.2) is 0 Å². The van der Waals surface area contributed by atoms with E-state index in [4.69, 9.17) is 4.74 Å². The SMILES string of the molecule is CCCNC(CCC1CCC(C)O1)C1CCCC1. The van der Waals surface area contributed by atoms with E-state index in [1.165, 1.54) is 64.3 Å². The lowest BCUT2D eigenvalue weighted by Crippen LogP contribution is -2.36. The van der Waals surface area contributed by atoms with Gasteiger partial charge in [-0.25, -0.2) is 0 Å². The summed E-state index contributed by atoms with van der Waals surface area (Å²) < 4.78 is 5.95. The summed E-state index contributed by atoms with van der Waals surface area (Å²) in [6.45, 7) is 5.66. The third-order valence-electron chi connectivity index (χ3n) is 4.74. The minimum atomic E-state index is 0.503. The lowest BCUT2D eigenvalue weighted by molar-refractivity contribution is 0.0468. The minimum Gasteiger partial charge on any atom is -0.375 e. The maximum absolute atomic E-state index is 5.95. The van der Waals surface area contributed by atoms with Crippen molar-refractivity contribution in [2.75, 3.05) is 6.54 Å². The van der Waals surface area contributed by atoms with Crippen LogP contribution in [0.2, 0.25) is 0 Å². The van der Waals surface area contributed by atoms with Crippen LogP contribution in [0.15, 0.2) is 0 Å². The van der Waals surface area contributed by atoms with Gasteiger partial charge in [0.05, 0.1) is 12.2 Å². The zero-order valence-corrected chi connectivity index (χ0v) is 12.3. The highest BCUT2D eigenvalue weighted by molar-refractivity contribution is 4.82. The molecule has 2 nitrogen and oxygen atoms in total. The van der Waals surface area contributed by atoms with Gasteiger partial charge in [-0.3, -0.25) is 0 Å². The number of rotatable bonds is 7. The van der Waals surface area contributed by atoms with E-state index in [2.05, 4.69) is 19.2 Å². The van der Waals surface area contributed by atoms with Crippen molar-refractivity contribution in [3.8, 4) is 0 Å². The van der Waals surface area contributed by atoms with E-state index in [1.54, 1.807) is 0 Å². The molecule has 106 valence electrons. The first-order valence-corrected chi connectivity index (χ1v) is 8.18. The minimum absolute atomic E-state index is 0.503. The summed E-state index contributed by atoms with van der Waals surface area (Å²) in [7, 11) is 0. The third-order valence-corrected chi connectivity index (χ3v) is 4.74. The second-order valence-corrected chi connectivity index (χ2v) is 6.33. The highest BCUT2D eigenvalue weighted by atomic mass is 16.5. The van der Waals surface area contributed by atoms with E-state index < -0.39 is 0 Å². The van der Waals surface area contributed by atoms with E-state index in [0.29, 0.717) is 12.2 Å². The highest BCUT2D eigenvalue weighted by Gasteiger charge is 2.27. The first-order valence-electron chi connectivity index (χ1n) is 8.18. The molecule has 2 fully saturated rings. The predicted octanol–water partition coefficient (Wildman–Crippen LogP) is 3.89. The highest BCUT2D eigenvalue weighted by Crippen LogP contribution is 2.31. The molecule has 2 rings (SSSR count). The first-order chi connectivity index (χ1) is 8.79. The Bertz CT molecular complexity index is 225. The Labute approximate surface area is 113 Å². The Balaban J connectivity index is 1.73. The van der Waals surface area contributed by atoms with Gasteiger partial charge in [-0.2, -0.15) is 0 Å². The van der Waals surface area contributed by atoms with Crippen LogP contribution in [0.1, 0.15) is 71.6 Å². The summed E-state index contributed by atoms with van der Waals surface area (Å²) in [6, 6.07) is 0.756. The molecular formula is C16H31NO. The van der Waals surface area contributed by atoms with Crippen molar-refractivity contribution in [2.45, 2.75) is 89.9 Å². The molecule has 1 heterocycles. The van der Waals surface area contributed by atoms with Crippen LogP contribution in [0, 0.1) is 5.92 Å². The molecule has 1 N–H and O–H groups in total. The van der Waals surface area contributed by atoms with Crippen LogP contribution in [0.3, 0.4) is 0 Å². The molecule has 0 spiro atoms. The zero-order valence-electron chi connectivity index (χ0n) is 12.3. The summed E-state index contributed by atoms with van der Waals surface area (Å²) in [5.74, 6) is 0.940. The van der Waals surface area contributed by atoms with E-state index >= 15 is 0 Å². The molecule has 2 aliphatic rings. The average Bonchev–Trinajstić information content (AvgIpc) is 3.01. The number of nitrogens with one attached hydrogen (secondary N) is 1. The molecule has 0 amide bonds. The standard InChI is InChI=1S/C16H31NO/c1-3-12-17-16(14-6-4-5-7-14)11-10-15-9-8-13(2)18-15/h13-17H,3-12H2,1-2H3. The molecule has 1 aliphatic heterocycles. The van der Waals surface area contributed by atoms with E-state index in [-0.39, 0.29) is 0 Å². The van der Waals surface area contributed by atoms with Crippen molar-refractivity contribution in [3.05, 3.63) is 0 Å². The lowest BCUT2D eigenvalue weighted by Gasteiger charge is -2.26. The third kappa shape index (κ3) is 4.24. The molecule has 18 heavy (non-hydrogen) atoms. The molecule has 1 aliphatic carbocycles. The van der Waals surface area contributed by atoms with Crippen LogP contribution >= 0.6 is 0 Å². The summed E-state index contributed by atoms with van der Waals surface area (Å²) >= 11 is 0. The zero-order chi connectivity index (χ0) is 12.8. The van der Waals surface area contributed by atoms with Crippen molar-refractivity contribution in [3.63, 3.8) is 0 Å². The largest absolute Gasteiger partial charge is 0.375 e. The summed E-state index contributed by atoms with van der Waals surface area (Å²) in [6.07, 6.45) is 13.2. The van der Waals surface area contributed by atoms with Gasteiger partial charge < -0.3 is 10.1 Å². The van der Waals surface area contributed by atoms with Crippen molar-refractivity contribution in [1.29, 1.82) is 0 Å². The molecule has 0 bridgehead atoms. The van der Waals surface area contributed by atoms with Crippen molar-refractivity contribution in [2.24, 2.45) is 5.92 Å². The topological polar surface area (TPSA) is 21.3 Å². The maximum atomic E-state index is 5.95. The molecule has 3 unspecified atom stereocenters. The van der Waals surface area contributed by atoms with Crippen LogP contribution in [0.4, 0.5) is 0 Å². The Morgan fingerprint density at radius 1 is 1.17 bits per heavy atom. The van der Waals surface area contributed by atoms with Crippen molar-refractivity contribution >= 4 is 0 Å². The van der Waals surface area contributed by atoms with Gasteiger partial charge in [-0.1, -0.05) is 19.8 Å². The summed E-state index contributed by atoms with van der Waals surface area (Å²) in [5.41, 5.74) is 0.